The lowest BCUT2D eigenvalue weighted by Gasteiger charge is -2.20. The van der Waals surface area contributed by atoms with Crippen LogP contribution in [-0.2, 0) is 14.2 Å². The topological polar surface area (TPSA) is 39.7 Å². The molecule has 0 aliphatic carbocycles. The second-order valence-electron chi connectivity index (χ2n) is 3.47. The van der Waals surface area contributed by atoms with Crippen molar-refractivity contribution < 1.29 is 14.2 Å². The molecule has 0 saturated heterocycles. The molecule has 0 unspecified atom stereocenters. The van der Waals surface area contributed by atoms with Crippen molar-refractivity contribution in [2.75, 3.05) is 26.5 Å². The molecule has 1 aliphatic rings. The van der Waals surface area contributed by atoms with Gasteiger partial charge in [-0.1, -0.05) is 6.58 Å². The van der Waals surface area contributed by atoms with Crippen LogP contribution in [0.15, 0.2) is 24.0 Å². The van der Waals surface area contributed by atoms with E-state index in [0.717, 1.165) is 24.1 Å². The average molecular weight is 227 g/mol. The van der Waals surface area contributed by atoms with Crippen molar-refractivity contribution in [1.29, 1.82) is 0 Å². The summed E-state index contributed by atoms with van der Waals surface area (Å²) >= 11 is 0. The van der Waals surface area contributed by atoms with Crippen LogP contribution in [0.25, 0.3) is 0 Å². The van der Waals surface area contributed by atoms with Crippen LogP contribution in [0.2, 0.25) is 0 Å². The number of nitrogens with one attached hydrogen (secondary N) is 1. The van der Waals surface area contributed by atoms with Crippen LogP contribution in [0.3, 0.4) is 0 Å². The maximum atomic E-state index is 5.50. The number of hydrogen-bond donors (Lipinski definition) is 1. The molecule has 0 fully saturated rings. The molecule has 92 valence electrons. The van der Waals surface area contributed by atoms with Crippen molar-refractivity contribution in [2.45, 2.75) is 26.6 Å². The Morgan fingerprint density at radius 3 is 2.81 bits per heavy atom. The predicted octanol–water partition coefficient (Wildman–Crippen LogP) is 1.79. The Morgan fingerprint density at radius 2 is 2.19 bits per heavy atom. The van der Waals surface area contributed by atoms with Crippen LogP contribution in [-0.4, -0.2) is 32.8 Å². The molecule has 0 aromatic rings. The minimum Gasteiger partial charge on any atom is -0.486 e. The third kappa shape index (κ3) is 3.96. The largest absolute Gasteiger partial charge is 0.486 e. The molecule has 0 radical (unpaired) electrons. The summed E-state index contributed by atoms with van der Waals surface area (Å²) in [4.78, 5) is 0. The second kappa shape index (κ2) is 7.44. The average Bonchev–Trinajstić information content (AvgIpc) is 2.56. The van der Waals surface area contributed by atoms with Gasteiger partial charge < -0.3 is 14.2 Å². The molecule has 4 nitrogen and oxygen atoms in total. The highest BCUT2D eigenvalue weighted by Gasteiger charge is 2.17. The Balaban J connectivity index is 2.60. The Morgan fingerprint density at radius 1 is 1.50 bits per heavy atom. The summed E-state index contributed by atoms with van der Waals surface area (Å²) in [5.74, 6) is 0. The quantitative estimate of drug-likeness (QED) is 0.702. The van der Waals surface area contributed by atoms with Gasteiger partial charge in [-0.2, -0.15) is 0 Å². The first-order valence-corrected chi connectivity index (χ1v) is 5.73. The number of ether oxygens (including phenoxy) is 3. The Bertz CT molecular complexity index is 245. The maximum absolute atomic E-state index is 5.50. The van der Waals surface area contributed by atoms with Crippen molar-refractivity contribution >= 4 is 0 Å². The van der Waals surface area contributed by atoms with Crippen LogP contribution >= 0.6 is 0 Å². The lowest BCUT2D eigenvalue weighted by atomic mass is 10.1. The van der Waals surface area contributed by atoms with E-state index in [-0.39, 0.29) is 6.29 Å². The van der Waals surface area contributed by atoms with E-state index < -0.39 is 0 Å². The van der Waals surface area contributed by atoms with Gasteiger partial charge in [0.25, 0.3) is 0 Å². The zero-order valence-corrected chi connectivity index (χ0v) is 10.1. The molecule has 1 aliphatic heterocycles. The third-order valence-corrected chi connectivity index (χ3v) is 2.32. The number of rotatable bonds is 6. The van der Waals surface area contributed by atoms with Gasteiger partial charge in [0.1, 0.15) is 6.73 Å². The standard InChI is InChI=1S/C12H21NO3/c1-4-15-12(16-5-2)10(3)11-6-7-13-9-14-8-11/h8,12-13H,3-7,9H2,1-2H3. The predicted molar refractivity (Wildman–Crippen MR) is 62.8 cm³/mol. The lowest BCUT2D eigenvalue weighted by Crippen LogP contribution is -2.21. The molecule has 0 aromatic heterocycles. The van der Waals surface area contributed by atoms with Crippen molar-refractivity contribution in [1.82, 2.24) is 5.32 Å². The van der Waals surface area contributed by atoms with Gasteiger partial charge in [-0.25, -0.2) is 0 Å². The highest BCUT2D eigenvalue weighted by molar-refractivity contribution is 5.29. The molecule has 1 N–H and O–H groups in total. The Labute approximate surface area is 97.3 Å². The van der Waals surface area contributed by atoms with E-state index in [0.29, 0.717) is 19.9 Å². The van der Waals surface area contributed by atoms with E-state index in [2.05, 4.69) is 11.9 Å². The minimum atomic E-state index is -0.358. The van der Waals surface area contributed by atoms with Gasteiger partial charge in [0, 0.05) is 25.3 Å². The van der Waals surface area contributed by atoms with E-state index in [1.54, 1.807) is 6.26 Å². The van der Waals surface area contributed by atoms with Crippen molar-refractivity contribution in [3.8, 4) is 0 Å². The lowest BCUT2D eigenvalue weighted by molar-refractivity contribution is -0.109. The molecule has 4 heteroatoms. The molecule has 0 saturated carbocycles. The Kier molecular flexibility index (Phi) is 6.15. The first kappa shape index (κ1) is 13.2. The van der Waals surface area contributed by atoms with E-state index in [4.69, 9.17) is 14.2 Å². The van der Waals surface area contributed by atoms with Gasteiger partial charge in [-0.3, -0.25) is 5.32 Å². The van der Waals surface area contributed by atoms with Crippen LogP contribution in [0.5, 0.6) is 0 Å². The molecular weight excluding hydrogens is 206 g/mol. The summed E-state index contributed by atoms with van der Waals surface area (Å²) in [7, 11) is 0. The van der Waals surface area contributed by atoms with Gasteiger partial charge in [0.2, 0.25) is 0 Å². The van der Waals surface area contributed by atoms with E-state index in [1.165, 1.54) is 0 Å². The van der Waals surface area contributed by atoms with Crippen LogP contribution in [0.1, 0.15) is 20.3 Å². The van der Waals surface area contributed by atoms with Gasteiger partial charge in [0.15, 0.2) is 6.29 Å². The zero-order valence-electron chi connectivity index (χ0n) is 10.1. The fourth-order valence-electron chi connectivity index (χ4n) is 1.50. The first-order chi connectivity index (χ1) is 7.79. The zero-order chi connectivity index (χ0) is 11.8. The summed E-state index contributed by atoms with van der Waals surface area (Å²) in [5.41, 5.74) is 1.91. The summed E-state index contributed by atoms with van der Waals surface area (Å²) in [6.07, 6.45) is 2.27. The normalized spacial score (nSPS) is 16.6. The minimum absolute atomic E-state index is 0.358. The SMILES string of the molecule is C=C(C1=COCNCC1)C(OCC)OCC. The molecular formula is C12H21NO3. The van der Waals surface area contributed by atoms with E-state index in [9.17, 15) is 0 Å². The molecule has 1 rings (SSSR count). The highest BCUT2D eigenvalue weighted by Crippen LogP contribution is 2.20. The van der Waals surface area contributed by atoms with Crippen molar-refractivity contribution in [3.05, 3.63) is 24.0 Å². The third-order valence-electron chi connectivity index (χ3n) is 2.32. The van der Waals surface area contributed by atoms with Crippen LogP contribution in [0, 0.1) is 0 Å². The fourth-order valence-corrected chi connectivity index (χ4v) is 1.50. The van der Waals surface area contributed by atoms with E-state index >= 15 is 0 Å². The summed E-state index contributed by atoms with van der Waals surface area (Å²) in [5, 5.41) is 3.14. The smallest absolute Gasteiger partial charge is 0.183 e. The van der Waals surface area contributed by atoms with Gasteiger partial charge in [-0.05, 0) is 25.8 Å². The summed E-state index contributed by atoms with van der Waals surface area (Å²) in [6.45, 7) is 10.6. The molecule has 16 heavy (non-hydrogen) atoms. The molecule has 0 amide bonds. The van der Waals surface area contributed by atoms with Crippen LogP contribution in [0.4, 0.5) is 0 Å². The van der Waals surface area contributed by atoms with Crippen LogP contribution < -0.4 is 5.32 Å². The first-order valence-electron chi connectivity index (χ1n) is 5.73. The van der Waals surface area contributed by atoms with Gasteiger partial charge in [-0.15, -0.1) is 0 Å². The maximum Gasteiger partial charge on any atom is 0.183 e. The van der Waals surface area contributed by atoms with Gasteiger partial charge >= 0.3 is 0 Å². The van der Waals surface area contributed by atoms with E-state index in [1.807, 2.05) is 13.8 Å². The van der Waals surface area contributed by atoms with Crippen molar-refractivity contribution in [3.63, 3.8) is 0 Å². The van der Waals surface area contributed by atoms with Crippen molar-refractivity contribution in [2.24, 2.45) is 0 Å². The van der Waals surface area contributed by atoms with Gasteiger partial charge in [0.05, 0.1) is 6.26 Å². The Hall–Kier alpha value is -0.840. The molecule has 0 bridgehead atoms. The summed E-state index contributed by atoms with van der Waals surface area (Å²) in [6, 6.07) is 0. The fraction of sp³-hybridized carbons (Fsp3) is 0.667. The molecule has 0 atom stereocenters. The molecule has 0 aromatic carbocycles. The monoisotopic (exact) mass is 227 g/mol. The second-order valence-corrected chi connectivity index (χ2v) is 3.47. The molecule has 0 spiro atoms. The number of hydrogen-bond acceptors (Lipinski definition) is 4. The molecule has 1 heterocycles. The summed E-state index contributed by atoms with van der Waals surface area (Å²) < 4.78 is 16.3. The highest BCUT2D eigenvalue weighted by atomic mass is 16.7.